The lowest BCUT2D eigenvalue weighted by molar-refractivity contribution is 0.272. The van der Waals surface area contributed by atoms with Crippen LogP contribution >= 0.6 is 11.8 Å². The van der Waals surface area contributed by atoms with Gasteiger partial charge in [-0.25, -0.2) is 0 Å². The molecule has 0 atom stereocenters. The van der Waals surface area contributed by atoms with Crippen LogP contribution in [-0.2, 0) is 5.75 Å². The number of rotatable bonds is 8. The third-order valence-electron chi connectivity index (χ3n) is 6.87. The molecule has 1 aliphatic rings. The van der Waals surface area contributed by atoms with Gasteiger partial charge in [-0.1, -0.05) is 54.6 Å². The minimum atomic E-state index is 0.0508. The second-order valence-electron chi connectivity index (χ2n) is 9.10. The van der Waals surface area contributed by atoms with Crippen molar-refractivity contribution in [2.24, 2.45) is 0 Å². The van der Waals surface area contributed by atoms with E-state index in [0.29, 0.717) is 22.3 Å². The van der Waals surface area contributed by atoms with Crippen molar-refractivity contribution in [2.45, 2.75) is 12.7 Å². The first-order chi connectivity index (χ1) is 17.7. The van der Waals surface area contributed by atoms with Crippen molar-refractivity contribution in [2.75, 3.05) is 50.5 Å². The number of ether oxygens (including phenoxy) is 1. The summed E-state index contributed by atoms with van der Waals surface area (Å²) in [5, 5.41) is 0.665. The number of anilines is 1. The van der Waals surface area contributed by atoms with E-state index in [4.69, 9.17) is 9.15 Å². The molecule has 36 heavy (non-hydrogen) atoms. The number of methoxy groups -OCH3 is 1. The average Bonchev–Trinajstić information content (AvgIpc) is 2.94. The number of benzene rings is 3. The molecule has 1 aromatic heterocycles. The summed E-state index contributed by atoms with van der Waals surface area (Å²) in [4.78, 5) is 18.0. The van der Waals surface area contributed by atoms with Gasteiger partial charge >= 0.3 is 0 Å². The SMILES string of the molecule is COc1ccccc1N1CCN(CCSCc2cccc3c(=O)c(C)c(-c4ccccc4)oc23)CC1. The summed E-state index contributed by atoms with van der Waals surface area (Å²) in [5.74, 6) is 3.46. The quantitative estimate of drug-likeness (QED) is 0.284. The first kappa shape index (κ1) is 24.5. The molecule has 5 rings (SSSR count). The Labute approximate surface area is 216 Å². The molecule has 0 aliphatic carbocycles. The predicted molar refractivity (Wildman–Crippen MR) is 150 cm³/mol. The van der Waals surface area contributed by atoms with Crippen LogP contribution in [0.15, 0.2) is 82.0 Å². The zero-order chi connectivity index (χ0) is 24.9. The van der Waals surface area contributed by atoms with Gasteiger partial charge in [-0.05, 0) is 25.1 Å². The van der Waals surface area contributed by atoms with Gasteiger partial charge < -0.3 is 14.1 Å². The van der Waals surface area contributed by atoms with E-state index in [9.17, 15) is 4.79 Å². The Balaban J connectivity index is 1.20. The van der Waals surface area contributed by atoms with Crippen LogP contribution in [0.25, 0.3) is 22.3 Å². The molecule has 0 bridgehead atoms. The summed E-state index contributed by atoms with van der Waals surface area (Å²) in [6.45, 7) is 6.99. The lowest BCUT2D eigenvalue weighted by atomic mass is 10.0. The number of fused-ring (bicyclic) bond motifs is 1. The Morgan fingerprint density at radius 1 is 0.917 bits per heavy atom. The van der Waals surface area contributed by atoms with Crippen LogP contribution in [-0.4, -0.2) is 50.5 Å². The van der Waals surface area contributed by atoms with Crippen LogP contribution in [0, 0.1) is 6.92 Å². The highest BCUT2D eigenvalue weighted by atomic mass is 32.2. The minimum Gasteiger partial charge on any atom is -0.495 e. The topological polar surface area (TPSA) is 45.9 Å². The number of nitrogens with zero attached hydrogens (tertiary/aromatic N) is 2. The van der Waals surface area contributed by atoms with E-state index in [1.54, 1.807) is 7.11 Å². The second-order valence-corrected chi connectivity index (χ2v) is 10.2. The molecular formula is C30H32N2O3S. The molecule has 1 aliphatic heterocycles. The van der Waals surface area contributed by atoms with E-state index in [0.717, 1.165) is 61.1 Å². The van der Waals surface area contributed by atoms with E-state index in [1.807, 2.05) is 73.3 Å². The number of para-hydroxylation sites is 3. The third kappa shape index (κ3) is 5.15. The van der Waals surface area contributed by atoms with Crippen molar-refractivity contribution in [1.29, 1.82) is 0 Å². The van der Waals surface area contributed by atoms with Gasteiger partial charge in [0.05, 0.1) is 18.2 Å². The lowest BCUT2D eigenvalue weighted by Gasteiger charge is -2.36. The maximum absolute atomic E-state index is 13.1. The zero-order valence-corrected chi connectivity index (χ0v) is 21.7. The molecule has 0 radical (unpaired) electrons. The summed E-state index contributed by atoms with van der Waals surface area (Å²) in [6.07, 6.45) is 0. The van der Waals surface area contributed by atoms with Gasteiger partial charge in [0.1, 0.15) is 17.1 Å². The maximum atomic E-state index is 13.1. The summed E-state index contributed by atoms with van der Waals surface area (Å²) in [6, 6.07) is 24.0. The Hall–Kier alpha value is -3.22. The molecule has 2 heterocycles. The number of piperazine rings is 1. The molecule has 5 nitrogen and oxygen atoms in total. The fourth-order valence-electron chi connectivity index (χ4n) is 4.83. The summed E-state index contributed by atoms with van der Waals surface area (Å²) in [7, 11) is 1.73. The monoisotopic (exact) mass is 500 g/mol. The summed E-state index contributed by atoms with van der Waals surface area (Å²) < 4.78 is 11.9. The highest BCUT2D eigenvalue weighted by Gasteiger charge is 2.19. The fraction of sp³-hybridized carbons (Fsp3) is 0.300. The molecule has 0 saturated carbocycles. The molecule has 6 heteroatoms. The fourth-order valence-corrected chi connectivity index (χ4v) is 5.80. The van der Waals surface area contributed by atoms with Gasteiger partial charge in [0.2, 0.25) is 0 Å². The van der Waals surface area contributed by atoms with Crippen LogP contribution in [0.4, 0.5) is 5.69 Å². The van der Waals surface area contributed by atoms with Gasteiger partial charge in [0, 0.05) is 60.9 Å². The number of hydrogen-bond acceptors (Lipinski definition) is 6. The molecule has 0 N–H and O–H groups in total. The highest BCUT2D eigenvalue weighted by molar-refractivity contribution is 7.98. The Kier molecular flexibility index (Phi) is 7.63. The normalized spacial score (nSPS) is 14.3. The molecule has 1 saturated heterocycles. The van der Waals surface area contributed by atoms with Crippen molar-refractivity contribution in [1.82, 2.24) is 4.90 Å². The first-order valence-corrected chi connectivity index (χ1v) is 13.6. The molecule has 1 fully saturated rings. The van der Waals surface area contributed by atoms with Crippen LogP contribution in [0.5, 0.6) is 5.75 Å². The molecule has 0 unspecified atom stereocenters. The lowest BCUT2D eigenvalue weighted by Crippen LogP contribution is -2.47. The van der Waals surface area contributed by atoms with E-state index in [-0.39, 0.29) is 5.43 Å². The van der Waals surface area contributed by atoms with E-state index in [2.05, 4.69) is 28.0 Å². The zero-order valence-electron chi connectivity index (χ0n) is 20.9. The average molecular weight is 501 g/mol. The van der Waals surface area contributed by atoms with Crippen molar-refractivity contribution in [3.8, 4) is 17.1 Å². The van der Waals surface area contributed by atoms with Crippen LogP contribution in [0.3, 0.4) is 0 Å². The molecule has 186 valence electrons. The number of hydrogen-bond donors (Lipinski definition) is 0. The van der Waals surface area contributed by atoms with Gasteiger partial charge in [-0.15, -0.1) is 0 Å². The molecular weight excluding hydrogens is 468 g/mol. The van der Waals surface area contributed by atoms with Crippen LogP contribution in [0.2, 0.25) is 0 Å². The van der Waals surface area contributed by atoms with E-state index < -0.39 is 0 Å². The first-order valence-electron chi connectivity index (χ1n) is 12.4. The molecule has 0 amide bonds. The third-order valence-corrected chi connectivity index (χ3v) is 7.86. The predicted octanol–water partition coefficient (Wildman–Crippen LogP) is 5.83. The second kappa shape index (κ2) is 11.2. The Morgan fingerprint density at radius 2 is 1.67 bits per heavy atom. The van der Waals surface area contributed by atoms with Crippen molar-refractivity contribution in [3.63, 3.8) is 0 Å². The number of thioether (sulfide) groups is 1. The van der Waals surface area contributed by atoms with E-state index in [1.165, 1.54) is 5.69 Å². The van der Waals surface area contributed by atoms with Crippen LogP contribution in [0.1, 0.15) is 11.1 Å². The van der Waals surface area contributed by atoms with Gasteiger partial charge in [-0.3, -0.25) is 9.69 Å². The standard InChI is InChI=1S/C30H32N2O3S/c1-22-28(33)25-12-8-11-24(30(25)35-29(22)23-9-4-3-5-10-23)21-36-20-19-31-15-17-32(18-16-31)26-13-6-7-14-27(26)34-2/h3-14H,15-21H2,1-2H3. The molecule has 4 aromatic rings. The maximum Gasteiger partial charge on any atom is 0.196 e. The largest absolute Gasteiger partial charge is 0.495 e. The van der Waals surface area contributed by atoms with Crippen molar-refractivity contribution in [3.05, 3.63) is 94.1 Å². The summed E-state index contributed by atoms with van der Waals surface area (Å²) in [5.41, 5.74) is 4.61. The van der Waals surface area contributed by atoms with E-state index >= 15 is 0 Å². The highest BCUT2D eigenvalue weighted by Crippen LogP contribution is 2.30. The molecule has 0 spiro atoms. The smallest absolute Gasteiger partial charge is 0.196 e. The van der Waals surface area contributed by atoms with Gasteiger partial charge in [-0.2, -0.15) is 11.8 Å². The molecule has 3 aromatic carbocycles. The Morgan fingerprint density at radius 3 is 2.44 bits per heavy atom. The van der Waals surface area contributed by atoms with Crippen molar-refractivity contribution >= 4 is 28.4 Å². The van der Waals surface area contributed by atoms with Gasteiger partial charge in [0.25, 0.3) is 0 Å². The van der Waals surface area contributed by atoms with Crippen molar-refractivity contribution < 1.29 is 9.15 Å². The minimum absolute atomic E-state index is 0.0508. The van der Waals surface area contributed by atoms with Gasteiger partial charge in [0.15, 0.2) is 5.43 Å². The van der Waals surface area contributed by atoms with Crippen LogP contribution < -0.4 is 15.1 Å². The Bertz CT molecular complexity index is 1380. The summed E-state index contributed by atoms with van der Waals surface area (Å²) >= 11 is 1.89.